The van der Waals surface area contributed by atoms with E-state index in [1.807, 2.05) is 0 Å². The van der Waals surface area contributed by atoms with Crippen molar-refractivity contribution < 1.29 is 4.74 Å². The lowest BCUT2D eigenvalue weighted by atomic mass is 10.2. The van der Waals surface area contributed by atoms with E-state index in [-0.39, 0.29) is 0 Å². The molecule has 0 heterocycles. The molecule has 0 saturated carbocycles. The van der Waals surface area contributed by atoms with Crippen molar-refractivity contribution in [1.82, 2.24) is 0 Å². The number of methoxy groups -OCH3 is 1. The Labute approximate surface area is 76.7 Å². The summed E-state index contributed by atoms with van der Waals surface area (Å²) in [5.74, 6) is 6.10. The Morgan fingerprint density at radius 2 is 2.10 bits per heavy atom. The predicted octanol–water partition coefficient (Wildman–Crippen LogP) is 2.24. The maximum Gasteiger partial charge on any atom is 0.0609 e. The molecule has 0 bridgehead atoms. The lowest BCUT2D eigenvalue weighted by Gasteiger charge is -1.93. The fourth-order valence-corrected chi connectivity index (χ4v) is 0.865. The standard InChI is InChI=1S/C8H13IO/c1-10-8-6-4-2-3-5-7-9/h2,4,6-8H2,1H3. The summed E-state index contributed by atoms with van der Waals surface area (Å²) in [5, 5.41) is 0. The zero-order valence-electron chi connectivity index (χ0n) is 6.32. The first-order valence-corrected chi connectivity index (χ1v) is 4.95. The fraction of sp³-hybridized carbons (Fsp3) is 0.750. The van der Waals surface area contributed by atoms with Crippen molar-refractivity contribution in [2.45, 2.75) is 19.3 Å². The molecule has 0 N–H and O–H groups in total. The van der Waals surface area contributed by atoms with E-state index in [1.54, 1.807) is 7.11 Å². The monoisotopic (exact) mass is 252 g/mol. The SMILES string of the molecule is COCCCCC#CCI. The Morgan fingerprint density at radius 1 is 1.30 bits per heavy atom. The highest BCUT2D eigenvalue weighted by molar-refractivity contribution is 14.1. The molecule has 0 atom stereocenters. The molecule has 0 unspecified atom stereocenters. The van der Waals surface area contributed by atoms with Gasteiger partial charge in [0.05, 0.1) is 4.43 Å². The van der Waals surface area contributed by atoms with E-state index in [0.717, 1.165) is 30.3 Å². The van der Waals surface area contributed by atoms with Crippen molar-refractivity contribution >= 4 is 22.6 Å². The number of ether oxygens (including phenoxy) is 1. The maximum absolute atomic E-state index is 4.90. The number of hydrogen-bond donors (Lipinski definition) is 0. The Morgan fingerprint density at radius 3 is 2.70 bits per heavy atom. The minimum Gasteiger partial charge on any atom is -0.385 e. The zero-order chi connectivity index (χ0) is 7.66. The highest BCUT2D eigenvalue weighted by Crippen LogP contribution is 1.93. The molecule has 0 aliphatic rings. The molecule has 0 spiro atoms. The Balaban J connectivity index is 2.90. The van der Waals surface area contributed by atoms with Gasteiger partial charge in [-0.15, -0.1) is 5.92 Å². The number of alkyl halides is 1. The summed E-state index contributed by atoms with van der Waals surface area (Å²) < 4.78 is 5.85. The summed E-state index contributed by atoms with van der Waals surface area (Å²) in [7, 11) is 1.73. The van der Waals surface area contributed by atoms with E-state index in [1.165, 1.54) is 0 Å². The predicted molar refractivity (Wildman–Crippen MR) is 52.4 cm³/mol. The third kappa shape index (κ3) is 8.25. The van der Waals surface area contributed by atoms with Crippen LogP contribution < -0.4 is 0 Å². The first-order chi connectivity index (χ1) is 4.91. The van der Waals surface area contributed by atoms with Crippen LogP contribution in [0.15, 0.2) is 0 Å². The van der Waals surface area contributed by atoms with Gasteiger partial charge in [-0.1, -0.05) is 28.5 Å². The van der Waals surface area contributed by atoms with E-state index in [9.17, 15) is 0 Å². The lowest BCUT2D eigenvalue weighted by Crippen LogP contribution is -1.86. The van der Waals surface area contributed by atoms with Crippen LogP contribution in [-0.2, 0) is 4.74 Å². The average Bonchev–Trinajstić information content (AvgIpc) is 1.97. The molecule has 0 radical (unpaired) electrons. The molecule has 0 aromatic rings. The fourth-order valence-electron chi connectivity index (χ4n) is 0.595. The van der Waals surface area contributed by atoms with Gasteiger partial charge in [0.25, 0.3) is 0 Å². The summed E-state index contributed by atoms with van der Waals surface area (Å²) in [6.45, 7) is 0.867. The molecule has 0 fully saturated rings. The van der Waals surface area contributed by atoms with Crippen LogP contribution in [0.5, 0.6) is 0 Å². The molecule has 58 valence electrons. The van der Waals surface area contributed by atoms with Gasteiger partial charge in [-0.05, 0) is 12.8 Å². The van der Waals surface area contributed by atoms with Crippen LogP contribution in [0.25, 0.3) is 0 Å². The van der Waals surface area contributed by atoms with Crippen LogP contribution >= 0.6 is 22.6 Å². The average molecular weight is 252 g/mol. The summed E-state index contributed by atoms with van der Waals surface area (Å²) in [4.78, 5) is 0. The topological polar surface area (TPSA) is 9.23 Å². The molecular formula is C8H13IO. The molecule has 0 aromatic heterocycles. The van der Waals surface area contributed by atoms with E-state index < -0.39 is 0 Å². The van der Waals surface area contributed by atoms with Gasteiger partial charge in [0.15, 0.2) is 0 Å². The molecule has 0 saturated heterocycles. The van der Waals surface area contributed by atoms with Crippen LogP contribution in [0.4, 0.5) is 0 Å². The van der Waals surface area contributed by atoms with Crippen molar-refractivity contribution in [2.75, 3.05) is 18.1 Å². The summed E-state index contributed by atoms with van der Waals surface area (Å²) in [6.07, 6.45) is 3.32. The van der Waals surface area contributed by atoms with Gasteiger partial charge in [-0.2, -0.15) is 0 Å². The minimum absolute atomic E-state index is 0.867. The molecule has 0 aliphatic heterocycles. The minimum atomic E-state index is 0.867. The van der Waals surface area contributed by atoms with Crippen LogP contribution in [0.3, 0.4) is 0 Å². The highest BCUT2D eigenvalue weighted by Gasteiger charge is 1.82. The maximum atomic E-state index is 4.90. The Bertz CT molecular complexity index is 112. The second-order valence-electron chi connectivity index (χ2n) is 1.94. The lowest BCUT2D eigenvalue weighted by molar-refractivity contribution is 0.193. The van der Waals surface area contributed by atoms with Gasteiger partial charge in [0.2, 0.25) is 0 Å². The van der Waals surface area contributed by atoms with Crippen molar-refractivity contribution in [1.29, 1.82) is 0 Å². The molecule has 0 aliphatic carbocycles. The van der Waals surface area contributed by atoms with Crippen molar-refractivity contribution in [3.63, 3.8) is 0 Å². The van der Waals surface area contributed by atoms with Crippen LogP contribution in [-0.4, -0.2) is 18.1 Å². The second-order valence-corrected chi connectivity index (χ2v) is 2.70. The summed E-state index contributed by atoms with van der Waals surface area (Å²) in [5.41, 5.74) is 0. The van der Waals surface area contributed by atoms with E-state index in [0.29, 0.717) is 0 Å². The quantitative estimate of drug-likeness (QED) is 0.322. The molecule has 1 nitrogen and oxygen atoms in total. The molecule has 2 heteroatoms. The van der Waals surface area contributed by atoms with Crippen LogP contribution in [0.2, 0.25) is 0 Å². The number of halogens is 1. The van der Waals surface area contributed by atoms with Crippen LogP contribution in [0.1, 0.15) is 19.3 Å². The molecule has 0 aromatic carbocycles. The van der Waals surface area contributed by atoms with Gasteiger partial charge in [0.1, 0.15) is 0 Å². The van der Waals surface area contributed by atoms with E-state index in [4.69, 9.17) is 4.74 Å². The number of rotatable bonds is 4. The second kappa shape index (κ2) is 9.25. The first kappa shape index (κ1) is 10.2. The van der Waals surface area contributed by atoms with Crippen molar-refractivity contribution in [3.05, 3.63) is 0 Å². The summed E-state index contributed by atoms with van der Waals surface area (Å²) >= 11 is 2.26. The number of unbranched alkanes of at least 4 members (excludes halogenated alkanes) is 2. The molecule has 10 heavy (non-hydrogen) atoms. The largest absolute Gasteiger partial charge is 0.385 e. The smallest absolute Gasteiger partial charge is 0.0609 e. The number of hydrogen-bond acceptors (Lipinski definition) is 1. The van der Waals surface area contributed by atoms with Gasteiger partial charge >= 0.3 is 0 Å². The van der Waals surface area contributed by atoms with Gasteiger partial charge < -0.3 is 4.74 Å². The third-order valence-electron chi connectivity index (χ3n) is 1.09. The highest BCUT2D eigenvalue weighted by atomic mass is 127. The van der Waals surface area contributed by atoms with Crippen molar-refractivity contribution in [2.24, 2.45) is 0 Å². The summed E-state index contributed by atoms with van der Waals surface area (Å²) in [6, 6.07) is 0. The first-order valence-electron chi connectivity index (χ1n) is 3.42. The third-order valence-corrected chi connectivity index (χ3v) is 1.47. The molecular weight excluding hydrogens is 239 g/mol. The van der Waals surface area contributed by atoms with Crippen molar-refractivity contribution in [3.8, 4) is 11.8 Å². The molecule has 0 rings (SSSR count). The van der Waals surface area contributed by atoms with Gasteiger partial charge in [-0.3, -0.25) is 0 Å². The van der Waals surface area contributed by atoms with E-state index in [2.05, 4.69) is 34.4 Å². The van der Waals surface area contributed by atoms with Gasteiger partial charge in [-0.25, -0.2) is 0 Å². The van der Waals surface area contributed by atoms with E-state index >= 15 is 0 Å². The molecule has 0 amide bonds. The normalized spacial score (nSPS) is 8.60. The van der Waals surface area contributed by atoms with Gasteiger partial charge in [0, 0.05) is 20.1 Å². The Kier molecular flexibility index (Phi) is 9.48. The zero-order valence-corrected chi connectivity index (χ0v) is 8.48. The van der Waals surface area contributed by atoms with Crippen LogP contribution in [0, 0.1) is 11.8 Å². The Hall–Kier alpha value is 0.250.